The van der Waals surface area contributed by atoms with E-state index in [1.165, 1.54) is 6.08 Å². The first-order chi connectivity index (χ1) is 8.44. The Morgan fingerprint density at radius 2 is 2.06 bits per heavy atom. The smallest absolute Gasteiger partial charge is 0.244 e. The van der Waals surface area contributed by atoms with E-state index in [1.54, 1.807) is 6.08 Å². The maximum atomic E-state index is 11.7. The van der Waals surface area contributed by atoms with Crippen LogP contribution in [0.15, 0.2) is 30.3 Å². The maximum absolute atomic E-state index is 11.7. The number of aryl methyl sites for hydroxylation is 1. The van der Waals surface area contributed by atoms with Gasteiger partial charge in [0.25, 0.3) is 0 Å². The summed E-state index contributed by atoms with van der Waals surface area (Å²) in [7, 11) is 0. The van der Waals surface area contributed by atoms with Crippen LogP contribution in [0.1, 0.15) is 31.4 Å². The molecule has 0 aliphatic rings. The number of carbonyl (C=O) groups is 1. The van der Waals surface area contributed by atoms with Gasteiger partial charge in [-0.25, -0.2) is 0 Å². The Kier molecular flexibility index (Phi) is 5.10. The number of aliphatic hydroxyl groups excluding tert-OH is 1. The molecule has 0 spiro atoms. The minimum atomic E-state index is -0.387. The molecule has 0 bridgehead atoms. The molecule has 1 aromatic rings. The maximum Gasteiger partial charge on any atom is 0.244 e. The number of benzene rings is 1. The zero-order valence-corrected chi connectivity index (χ0v) is 11.2. The summed E-state index contributed by atoms with van der Waals surface area (Å²) < 4.78 is 0. The number of hydrogen-bond donors (Lipinski definition) is 2. The SMILES string of the molecule is Cc1ccccc1/C=C/C(=O)NC(C)(C)CCO. The highest BCUT2D eigenvalue weighted by molar-refractivity contribution is 5.92. The van der Waals surface area contributed by atoms with E-state index in [9.17, 15) is 4.79 Å². The summed E-state index contributed by atoms with van der Waals surface area (Å²) in [6.45, 7) is 5.85. The van der Waals surface area contributed by atoms with Crippen LogP contribution in [-0.4, -0.2) is 23.2 Å². The Hall–Kier alpha value is -1.61. The molecule has 0 aliphatic carbocycles. The number of aliphatic hydroxyl groups is 1. The van der Waals surface area contributed by atoms with Gasteiger partial charge in [0.05, 0.1) is 0 Å². The van der Waals surface area contributed by atoms with Crippen LogP contribution >= 0.6 is 0 Å². The largest absolute Gasteiger partial charge is 0.396 e. The second kappa shape index (κ2) is 6.36. The Balaban J connectivity index is 2.63. The zero-order chi connectivity index (χ0) is 13.6. The van der Waals surface area contributed by atoms with Crippen LogP contribution in [-0.2, 0) is 4.79 Å². The zero-order valence-electron chi connectivity index (χ0n) is 11.2. The summed E-state index contributed by atoms with van der Waals surface area (Å²) in [6, 6.07) is 7.89. The molecule has 0 fully saturated rings. The van der Waals surface area contributed by atoms with Gasteiger partial charge in [0.15, 0.2) is 0 Å². The number of hydrogen-bond acceptors (Lipinski definition) is 2. The molecule has 0 heterocycles. The standard InChI is InChI=1S/C15H21NO2/c1-12-6-4-5-7-13(12)8-9-14(18)16-15(2,3)10-11-17/h4-9,17H,10-11H2,1-3H3,(H,16,18)/b9-8+. The van der Waals surface area contributed by atoms with E-state index in [1.807, 2.05) is 45.0 Å². The first-order valence-electron chi connectivity index (χ1n) is 6.11. The topological polar surface area (TPSA) is 49.3 Å². The molecule has 1 rings (SSSR count). The number of carbonyl (C=O) groups excluding carboxylic acids is 1. The van der Waals surface area contributed by atoms with Crippen molar-refractivity contribution in [3.8, 4) is 0 Å². The summed E-state index contributed by atoms with van der Waals surface area (Å²) in [4.78, 5) is 11.7. The average molecular weight is 247 g/mol. The normalized spacial score (nSPS) is 11.8. The summed E-state index contributed by atoms with van der Waals surface area (Å²) in [5, 5.41) is 11.8. The molecule has 0 aliphatic heterocycles. The second-order valence-electron chi connectivity index (χ2n) is 5.04. The van der Waals surface area contributed by atoms with Crippen LogP contribution in [0, 0.1) is 6.92 Å². The Morgan fingerprint density at radius 1 is 1.39 bits per heavy atom. The van der Waals surface area contributed by atoms with E-state index in [4.69, 9.17) is 5.11 Å². The molecule has 18 heavy (non-hydrogen) atoms. The minimum absolute atomic E-state index is 0.0643. The van der Waals surface area contributed by atoms with E-state index >= 15 is 0 Å². The molecule has 2 N–H and O–H groups in total. The van der Waals surface area contributed by atoms with E-state index in [0.29, 0.717) is 6.42 Å². The molecule has 98 valence electrons. The van der Waals surface area contributed by atoms with Crippen LogP contribution in [0.2, 0.25) is 0 Å². The van der Waals surface area contributed by atoms with Crippen molar-refractivity contribution in [2.75, 3.05) is 6.61 Å². The molecule has 1 amide bonds. The lowest BCUT2D eigenvalue weighted by molar-refractivity contribution is -0.118. The van der Waals surface area contributed by atoms with E-state index in [2.05, 4.69) is 5.32 Å². The highest BCUT2D eigenvalue weighted by Crippen LogP contribution is 2.10. The third kappa shape index (κ3) is 4.72. The van der Waals surface area contributed by atoms with Gasteiger partial charge >= 0.3 is 0 Å². The van der Waals surface area contributed by atoms with Crippen molar-refractivity contribution < 1.29 is 9.90 Å². The first-order valence-corrected chi connectivity index (χ1v) is 6.11. The van der Waals surface area contributed by atoms with Gasteiger partial charge < -0.3 is 10.4 Å². The lowest BCUT2D eigenvalue weighted by Gasteiger charge is -2.24. The lowest BCUT2D eigenvalue weighted by Crippen LogP contribution is -2.43. The van der Waals surface area contributed by atoms with Crippen molar-refractivity contribution in [3.63, 3.8) is 0 Å². The molecule has 1 aromatic carbocycles. The highest BCUT2D eigenvalue weighted by Gasteiger charge is 2.17. The molecule has 3 heteroatoms. The van der Waals surface area contributed by atoms with E-state index < -0.39 is 0 Å². The lowest BCUT2D eigenvalue weighted by atomic mass is 10.0. The molecular formula is C15H21NO2. The quantitative estimate of drug-likeness (QED) is 0.784. The summed E-state index contributed by atoms with van der Waals surface area (Å²) >= 11 is 0. The fourth-order valence-electron chi connectivity index (χ4n) is 1.66. The van der Waals surface area contributed by atoms with Gasteiger partial charge in [-0.1, -0.05) is 24.3 Å². The first kappa shape index (κ1) is 14.5. The van der Waals surface area contributed by atoms with Crippen molar-refractivity contribution in [2.24, 2.45) is 0 Å². The monoisotopic (exact) mass is 247 g/mol. The van der Waals surface area contributed by atoms with Crippen molar-refractivity contribution in [3.05, 3.63) is 41.5 Å². The number of amides is 1. The Morgan fingerprint density at radius 3 is 2.67 bits per heavy atom. The third-order valence-electron chi connectivity index (χ3n) is 2.80. The van der Waals surface area contributed by atoms with Crippen LogP contribution in [0.25, 0.3) is 6.08 Å². The van der Waals surface area contributed by atoms with Crippen molar-refractivity contribution >= 4 is 12.0 Å². The summed E-state index contributed by atoms with van der Waals surface area (Å²) in [5.41, 5.74) is 1.78. The fraction of sp³-hybridized carbons (Fsp3) is 0.400. The van der Waals surface area contributed by atoms with Crippen LogP contribution in [0.4, 0.5) is 0 Å². The van der Waals surface area contributed by atoms with Crippen LogP contribution in [0.5, 0.6) is 0 Å². The summed E-state index contributed by atoms with van der Waals surface area (Å²) in [6.07, 6.45) is 3.87. The predicted molar refractivity (Wildman–Crippen MR) is 74.1 cm³/mol. The molecule has 0 unspecified atom stereocenters. The Labute approximate surface area is 109 Å². The van der Waals surface area contributed by atoms with E-state index in [0.717, 1.165) is 11.1 Å². The third-order valence-corrected chi connectivity index (χ3v) is 2.80. The number of rotatable bonds is 5. The fourth-order valence-corrected chi connectivity index (χ4v) is 1.66. The predicted octanol–water partition coefficient (Wildman–Crippen LogP) is 2.29. The average Bonchev–Trinajstić information content (AvgIpc) is 2.27. The van der Waals surface area contributed by atoms with Crippen molar-refractivity contribution in [1.29, 1.82) is 0 Å². The highest BCUT2D eigenvalue weighted by atomic mass is 16.3. The molecule has 0 aromatic heterocycles. The van der Waals surface area contributed by atoms with Crippen molar-refractivity contribution in [1.82, 2.24) is 5.32 Å². The Bertz CT molecular complexity index is 436. The molecular weight excluding hydrogens is 226 g/mol. The molecule has 0 saturated carbocycles. The van der Waals surface area contributed by atoms with E-state index in [-0.39, 0.29) is 18.1 Å². The molecule has 0 radical (unpaired) electrons. The van der Waals surface area contributed by atoms with Crippen LogP contribution in [0.3, 0.4) is 0 Å². The van der Waals surface area contributed by atoms with Gasteiger partial charge in [-0.3, -0.25) is 4.79 Å². The van der Waals surface area contributed by atoms with Crippen LogP contribution < -0.4 is 5.32 Å². The molecule has 3 nitrogen and oxygen atoms in total. The molecule has 0 atom stereocenters. The number of nitrogens with one attached hydrogen (secondary N) is 1. The molecule has 0 saturated heterocycles. The second-order valence-corrected chi connectivity index (χ2v) is 5.04. The van der Waals surface area contributed by atoms with Gasteiger partial charge in [0.1, 0.15) is 0 Å². The van der Waals surface area contributed by atoms with Gasteiger partial charge in [0, 0.05) is 18.2 Å². The van der Waals surface area contributed by atoms with Crippen molar-refractivity contribution in [2.45, 2.75) is 32.7 Å². The van der Waals surface area contributed by atoms with Gasteiger partial charge in [-0.2, -0.15) is 0 Å². The van der Waals surface area contributed by atoms with Gasteiger partial charge in [-0.15, -0.1) is 0 Å². The van der Waals surface area contributed by atoms with Gasteiger partial charge in [-0.05, 0) is 44.4 Å². The minimum Gasteiger partial charge on any atom is -0.396 e. The van der Waals surface area contributed by atoms with Gasteiger partial charge in [0.2, 0.25) is 5.91 Å². The summed E-state index contributed by atoms with van der Waals surface area (Å²) in [5.74, 6) is -0.142.